The molecule has 1 heterocycles. The maximum Gasteiger partial charge on any atom is 0.241 e. The molecular formula is C18H27N3O2S. The van der Waals surface area contributed by atoms with Gasteiger partial charge in [0, 0.05) is 19.3 Å². The lowest BCUT2D eigenvalue weighted by molar-refractivity contribution is 0.550. The summed E-state index contributed by atoms with van der Waals surface area (Å²) in [5, 5.41) is 4.30. The molecule has 0 unspecified atom stereocenters. The third-order valence-corrected chi connectivity index (χ3v) is 6.56. The summed E-state index contributed by atoms with van der Waals surface area (Å²) in [5.74, 6) is 0. The Balaban J connectivity index is 2.13. The molecule has 0 aliphatic carbocycles. The number of aryl methyl sites for hydroxylation is 2. The smallest absolute Gasteiger partial charge is 0.241 e. The van der Waals surface area contributed by atoms with Crippen molar-refractivity contribution in [3.05, 3.63) is 45.8 Å². The molecule has 0 saturated heterocycles. The third-order valence-electron chi connectivity index (χ3n) is 4.83. The van der Waals surface area contributed by atoms with Crippen LogP contribution in [0.2, 0.25) is 0 Å². The van der Waals surface area contributed by atoms with Gasteiger partial charge in [-0.25, -0.2) is 13.1 Å². The number of sulfonamides is 1. The van der Waals surface area contributed by atoms with Crippen LogP contribution in [0.1, 0.15) is 39.9 Å². The molecule has 132 valence electrons. The minimum Gasteiger partial charge on any atom is -0.272 e. The van der Waals surface area contributed by atoms with E-state index in [0.29, 0.717) is 24.4 Å². The first-order chi connectivity index (χ1) is 11.1. The summed E-state index contributed by atoms with van der Waals surface area (Å²) in [6.07, 6.45) is 2.60. The van der Waals surface area contributed by atoms with Gasteiger partial charge in [0.25, 0.3) is 0 Å². The molecule has 2 rings (SSSR count). The highest BCUT2D eigenvalue weighted by molar-refractivity contribution is 7.89. The molecule has 0 radical (unpaired) electrons. The van der Waals surface area contributed by atoms with Crippen molar-refractivity contribution in [1.29, 1.82) is 0 Å². The van der Waals surface area contributed by atoms with E-state index in [9.17, 15) is 8.42 Å². The summed E-state index contributed by atoms with van der Waals surface area (Å²) < 4.78 is 30.1. The van der Waals surface area contributed by atoms with E-state index in [0.717, 1.165) is 33.5 Å². The molecule has 0 fully saturated rings. The SMILES string of the molecule is Cc1ccn(CCCNS(=O)(=O)c2c(C)c(C)c(C)c(C)c2C)n1. The summed E-state index contributed by atoms with van der Waals surface area (Å²) in [5.41, 5.74) is 5.90. The van der Waals surface area contributed by atoms with Crippen molar-refractivity contribution >= 4 is 10.0 Å². The van der Waals surface area contributed by atoms with Crippen LogP contribution in [0.25, 0.3) is 0 Å². The van der Waals surface area contributed by atoms with Gasteiger partial charge in [0.15, 0.2) is 0 Å². The van der Waals surface area contributed by atoms with E-state index in [-0.39, 0.29) is 0 Å². The van der Waals surface area contributed by atoms with E-state index in [1.165, 1.54) is 0 Å². The Morgan fingerprint density at radius 1 is 0.958 bits per heavy atom. The van der Waals surface area contributed by atoms with E-state index < -0.39 is 10.0 Å². The Labute approximate surface area is 145 Å². The lowest BCUT2D eigenvalue weighted by atomic mass is 9.95. The first-order valence-electron chi connectivity index (χ1n) is 8.22. The summed E-state index contributed by atoms with van der Waals surface area (Å²) in [7, 11) is -3.51. The van der Waals surface area contributed by atoms with Gasteiger partial charge in [0.2, 0.25) is 10.0 Å². The minimum atomic E-state index is -3.51. The van der Waals surface area contributed by atoms with Gasteiger partial charge in [0.05, 0.1) is 10.6 Å². The second-order valence-corrected chi connectivity index (χ2v) is 8.13. The zero-order valence-corrected chi connectivity index (χ0v) is 16.2. The first kappa shape index (κ1) is 18.7. The molecule has 0 bridgehead atoms. The normalized spacial score (nSPS) is 11.9. The van der Waals surface area contributed by atoms with Gasteiger partial charge in [-0.15, -0.1) is 0 Å². The van der Waals surface area contributed by atoms with Crippen molar-refractivity contribution in [2.24, 2.45) is 0 Å². The fourth-order valence-corrected chi connectivity index (χ4v) is 4.65. The monoisotopic (exact) mass is 349 g/mol. The van der Waals surface area contributed by atoms with Gasteiger partial charge >= 0.3 is 0 Å². The quantitative estimate of drug-likeness (QED) is 0.815. The van der Waals surface area contributed by atoms with Crippen LogP contribution in [0.3, 0.4) is 0 Å². The van der Waals surface area contributed by atoms with Gasteiger partial charge in [-0.2, -0.15) is 5.10 Å². The predicted octanol–water partition coefficient (Wildman–Crippen LogP) is 3.10. The van der Waals surface area contributed by atoms with E-state index in [1.807, 2.05) is 58.5 Å². The zero-order chi connectivity index (χ0) is 18.1. The van der Waals surface area contributed by atoms with Crippen LogP contribution in [0.4, 0.5) is 0 Å². The summed E-state index contributed by atoms with van der Waals surface area (Å²) in [6, 6.07) is 1.94. The molecule has 0 spiro atoms. The van der Waals surface area contributed by atoms with Gasteiger partial charge in [-0.1, -0.05) is 0 Å². The molecular weight excluding hydrogens is 322 g/mol. The summed E-state index contributed by atoms with van der Waals surface area (Å²) >= 11 is 0. The van der Waals surface area contributed by atoms with E-state index in [4.69, 9.17) is 0 Å². The number of hydrogen-bond acceptors (Lipinski definition) is 3. The van der Waals surface area contributed by atoms with Crippen molar-refractivity contribution in [2.45, 2.75) is 59.4 Å². The highest BCUT2D eigenvalue weighted by Crippen LogP contribution is 2.29. The molecule has 1 aromatic heterocycles. The van der Waals surface area contributed by atoms with Crippen molar-refractivity contribution in [2.75, 3.05) is 6.54 Å². The molecule has 24 heavy (non-hydrogen) atoms. The molecule has 1 N–H and O–H groups in total. The average Bonchev–Trinajstić information content (AvgIpc) is 2.93. The maximum absolute atomic E-state index is 12.8. The number of aromatic nitrogens is 2. The Morgan fingerprint density at radius 2 is 1.50 bits per heavy atom. The van der Waals surface area contributed by atoms with Crippen LogP contribution in [0.5, 0.6) is 0 Å². The van der Waals surface area contributed by atoms with Gasteiger partial charge in [-0.05, 0) is 81.8 Å². The number of nitrogens with one attached hydrogen (secondary N) is 1. The van der Waals surface area contributed by atoms with Gasteiger partial charge in [0.1, 0.15) is 0 Å². The van der Waals surface area contributed by atoms with E-state index in [2.05, 4.69) is 9.82 Å². The minimum absolute atomic E-state index is 0.395. The van der Waals surface area contributed by atoms with E-state index in [1.54, 1.807) is 0 Å². The zero-order valence-electron chi connectivity index (χ0n) is 15.4. The molecule has 0 aliphatic rings. The van der Waals surface area contributed by atoms with E-state index >= 15 is 0 Å². The van der Waals surface area contributed by atoms with Crippen molar-refractivity contribution < 1.29 is 8.42 Å². The number of rotatable bonds is 6. The Hall–Kier alpha value is -1.66. The molecule has 1 aromatic carbocycles. The molecule has 0 amide bonds. The fraction of sp³-hybridized carbons (Fsp3) is 0.500. The number of nitrogens with zero attached hydrogens (tertiary/aromatic N) is 2. The van der Waals surface area contributed by atoms with Crippen LogP contribution in [-0.2, 0) is 16.6 Å². The lowest BCUT2D eigenvalue weighted by Crippen LogP contribution is -2.27. The van der Waals surface area contributed by atoms with Crippen LogP contribution >= 0.6 is 0 Å². The second kappa shape index (κ2) is 7.07. The summed E-state index contributed by atoms with van der Waals surface area (Å²) in [6.45, 7) is 12.8. The molecule has 5 nitrogen and oxygen atoms in total. The Kier molecular flexibility index (Phi) is 5.50. The van der Waals surface area contributed by atoms with Crippen LogP contribution in [0, 0.1) is 41.5 Å². The predicted molar refractivity (Wildman–Crippen MR) is 96.9 cm³/mol. The average molecular weight is 350 g/mol. The number of benzene rings is 1. The maximum atomic E-state index is 12.8. The van der Waals surface area contributed by atoms with Gasteiger partial charge in [-0.3, -0.25) is 4.68 Å². The molecule has 0 saturated carbocycles. The number of hydrogen-bond donors (Lipinski definition) is 1. The van der Waals surface area contributed by atoms with Crippen molar-refractivity contribution in [3.8, 4) is 0 Å². The topological polar surface area (TPSA) is 64.0 Å². The standard InChI is InChI=1S/C18H27N3O2S/c1-12-8-11-21(20-12)10-7-9-19-24(22,23)18-16(5)14(3)13(2)15(4)17(18)6/h8,11,19H,7,9-10H2,1-6H3. The Bertz CT molecular complexity index is 822. The summed E-state index contributed by atoms with van der Waals surface area (Å²) in [4.78, 5) is 0.429. The Morgan fingerprint density at radius 3 is 2.00 bits per heavy atom. The van der Waals surface area contributed by atoms with Crippen LogP contribution < -0.4 is 4.72 Å². The second-order valence-electron chi connectivity index (χ2n) is 6.43. The van der Waals surface area contributed by atoms with Crippen molar-refractivity contribution in [1.82, 2.24) is 14.5 Å². The molecule has 2 aromatic rings. The first-order valence-corrected chi connectivity index (χ1v) is 9.70. The lowest BCUT2D eigenvalue weighted by Gasteiger charge is -2.19. The largest absolute Gasteiger partial charge is 0.272 e. The highest BCUT2D eigenvalue weighted by Gasteiger charge is 2.23. The third kappa shape index (κ3) is 3.70. The van der Waals surface area contributed by atoms with Crippen LogP contribution in [0.15, 0.2) is 17.2 Å². The van der Waals surface area contributed by atoms with Gasteiger partial charge < -0.3 is 0 Å². The molecule has 0 aliphatic heterocycles. The van der Waals surface area contributed by atoms with Crippen molar-refractivity contribution in [3.63, 3.8) is 0 Å². The molecule has 0 atom stereocenters. The highest BCUT2D eigenvalue weighted by atomic mass is 32.2. The van der Waals surface area contributed by atoms with Crippen LogP contribution in [-0.4, -0.2) is 24.7 Å². The fourth-order valence-electron chi connectivity index (χ4n) is 2.98. The molecule has 6 heteroatoms.